The molecule has 3 aromatic carbocycles. The van der Waals surface area contributed by atoms with E-state index in [1.807, 2.05) is 18.2 Å². The second-order valence-corrected chi connectivity index (χ2v) is 8.85. The maximum Gasteiger partial charge on any atom is 0.326 e. The largest absolute Gasteiger partial charge is 0.480 e. The molecule has 7 nitrogen and oxygen atoms in total. The van der Waals surface area contributed by atoms with Crippen molar-refractivity contribution in [1.29, 1.82) is 0 Å². The molecule has 0 saturated heterocycles. The lowest BCUT2D eigenvalue weighted by molar-refractivity contribution is -0.141. The number of hydrogen-bond acceptors (Lipinski definition) is 5. The summed E-state index contributed by atoms with van der Waals surface area (Å²) in [5.41, 5.74) is 1.53. The van der Waals surface area contributed by atoms with Gasteiger partial charge in [0.05, 0.1) is 22.3 Å². The predicted octanol–water partition coefficient (Wildman–Crippen LogP) is 3.94. The monoisotopic (exact) mass is 493 g/mol. The Morgan fingerprint density at radius 1 is 1.03 bits per heavy atom. The Balaban J connectivity index is 1.59. The van der Waals surface area contributed by atoms with Gasteiger partial charge in [-0.1, -0.05) is 71.9 Å². The summed E-state index contributed by atoms with van der Waals surface area (Å²) in [6.45, 7) is 0. The van der Waals surface area contributed by atoms with Gasteiger partial charge < -0.3 is 10.4 Å². The molecule has 0 saturated carbocycles. The summed E-state index contributed by atoms with van der Waals surface area (Å²) >= 11 is 7.18. The molecule has 172 valence electrons. The van der Waals surface area contributed by atoms with Gasteiger partial charge >= 0.3 is 5.97 Å². The number of carboxylic acids is 1. The van der Waals surface area contributed by atoms with Gasteiger partial charge in [0.15, 0.2) is 5.16 Å². The molecule has 4 aromatic rings. The molecule has 2 N–H and O–H groups in total. The predicted molar refractivity (Wildman–Crippen MR) is 133 cm³/mol. The molecule has 0 aliphatic carbocycles. The number of para-hydroxylation sites is 1. The van der Waals surface area contributed by atoms with Crippen LogP contribution >= 0.6 is 23.4 Å². The third-order valence-corrected chi connectivity index (χ3v) is 6.23. The highest BCUT2D eigenvalue weighted by molar-refractivity contribution is 7.99. The molecular weight excluding hydrogens is 474 g/mol. The number of carbonyl (C=O) groups excluding carboxylic acids is 1. The molecule has 0 bridgehead atoms. The van der Waals surface area contributed by atoms with Gasteiger partial charge in [-0.3, -0.25) is 14.2 Å². The van der Waals surface area contributed by atoms with Crippen LogP contribution in [0.25, 0.3) is 16.6 Å². The Labute approximate surface area is 204 Å². The minimum Gasteiger partial charge on any atom is -0.480 e. The van der Waals surface area contributed by atoms with Crippen molar-refractivity contribution in [2.24, 2.45) is 0 Å². The SMILES string of the molecule is O=C(CSc1nc2ccccc2c(=O)n1-c1cccc(Cl)c1)NC(Cc1ccccc1)C(=O)O. The molecule has 0 aliphatic rings. The van der Waals surface area contributed by atoms with Crippen LogP contribution in [0.2, 0.25) is 5.02 Å². The second-order valence-electron chi connectivity index (χ2n) is 7.47. The van der Waals surface area contributed by atoms with Crippen LogP contribution in [0.3, 0.4) is 0 Å². The summed E-state index contributed by atoms with van der Waals surface area (Å²) in [4.78, 5) is 42.2. The Morgan fingerprint density at radius 3 is 2.50 bits per heavy atom. The van der Waals surface area contributed by atoms with Crippen LogP contribution in [-0.2, 0) is 16.0 Å². The van der Waals surface area contributed by atoms with Crippen molar-refractivity contribution in [3.8, 4) is 5.69 Å². The zero-order valence-corrected chi connectivity index (χ0v) is 19.4. The van der Waals surface area contributed by atoms with Crippen LogP contribution in [0.15, 0.2) is 88.8 Å². The normalized spacial score (nSPS) is 11.8. The zero-order valence-electron chi connectivity index (χ0n) is 17.8. The number of carbonyl (C=O) groups is 2. The second kappa shape index (κ2) is 10.5. The van der Waals surface area contributed by atoms with Gasteiger partial charge in [0.2, 0.25) is 5.91 Å². The molecule has 1 aromatic heterocycles. The zero-order chi connectivity index (χ0) is 24.1. The number of amides is 1. The first-order valence-electron chi connectivity index (χ1n) is 10.4. The topological polar surface area (TPSA) is 101 Å². The fourth-order valence-electron chi connectivity index (χ4n) is 3.47. The molecular formula is C25H20ClN3O4S. The minimum atomic E-state index is -1.12. The third-order valence-electron chi connectivity index (χ3n) is 5.06. The number of aliphatic carboxylic acids is 1. The summed E-state index contributed by atoms with van der Waals surface area (Å²) in [6, 6.07) is 21.7. The molecule has 1 unspecified atom stereocenters. The van der Waals surface area contributed by atoms with Crippen molar-refractivity contribution in [2.45, 2.75) is 17.6 Å². The van der Waals surface area contributed by atoms with Crippen molar-refractivity contribution >= 4 is 46.1 Å². The van der Waals surface area contributed by atoms with E-state index in [-0.39, 0.29) is 17.7 Å². The summed E-state index contributed by atoms with van der Waals surface area (Å²) in [7, 11) is 0. The highest BCUT2D eigenvalue weighted by Gasteiger charge is 2.21. The van der Waals surface area contributed by atoms with E-state index in [1.54, 1.807) is 60.7 Å². The minimum absolute atomic E-state index is 0.121. The highest BCUT2D eigenvalue weighted by atomic mass is 35.5. The van der Waals surface area contributed by atoms with E-state index in [0.717, 1.165) is 17.3 Å². The molecule has 1 amide bonds. The quantitative estimate of drug-likeness (QED) is 0.285. The first-order valence-corrected chi connectivity index (χ1v) is 11.8. The maximum atomic E-state index is 13.3. The number of benzene rings is 3. The lowest BCUT2D eigenvalue weighted by Crippen LogP contribution is -2.43. The van der Waals surface area contributed by atoms with Crippen LogP contribution in [0.4, 0.5) is 0 Å². The van der Waals surface area contributed by atoms with Crippen LogP contribution < -0.4 is 10.9 Å². The fourth-order valence-corrected chi connectivity index (χ4v) is 4.48. The number of hydrogen-bond donors (Lipinski definition) is 2. The number of thioether (sulfide) groups is 1. The molecule has 0 radical (unpaired) electrons. The van der Waals surface area contributed by atoms with Gasteiger partial charge in [0, 0.05) is 11.4 Å². The van der Waals surface area contributed by atoms with Crippen molar-refractivity contribution in [2.75, 3.05) is 5.75 Å². The number of aromatic nitrogens is 2. The summed E-state index contributed by atoms with van der Waals surface area (Å²) in [6.07, 6.45) is 0.161. The van der Waals surface area contributed by atoms with E-state index in [9.17, 15) is 19.5 Å². The van der Waals surface area contributed by atoms with Crippen LogP contribution in [-0.4, -0.2) is 38.3 Å². The smallest absolute Gasteiger partial charge is 0.326 e. The lowest BCUT2D eigenvalue weighted by atomic mass is 10.1. The summed E-state index contributed by atoms with van der Waals surface area (Å²) < 4.78 is 1.41. The molecule has 1 atom stereocenters. The first-order chi connectivity index (χ1) is 16.4. The standard InChI is InChI=1S/C25H20ClN3O4S/c26-17-9-6-10-18(14-17)29-23(31)19-11-4-5-12-20(19)28-25(29)34-15-22(30)27-21(24(32)33)13-16-7-2-1-3-8-16/h1-12,14,21H,13,15H2,(H,27,30)(H,32,33). The summed E-state index contributed by atoms with van der Waals surface area (Å²) in [5.74, 6) is -1.72. The van der Waals surface area contributed by atoms with Crippen LogP contribution in [0.1, 0.15) is 5.56 Å². The van der Waals surface area contributed by atoms with E-state index in [2.05, 4.69) is 10.3 Å². The molecule has 0 aliphatic heterocycles. The van der Waals surface area contributed by atoms with Crippen molar-refractivity contribution in [3.05, 3.63) is 99.8 Å². The van der Waals surface area contributed by atoms with E-state index in [1.165, 1.54) is 4.57 Å². The number of carboxylic acid groups (broad SMARTS) is 1. The number of nitrogens with zero attached hydrogens (tertiary/aromatic N) is 2. The van der Waals surface area contributed by atoms with Crippen molar-refractivity contribution in [3.63, 3.8) is 0 Å². The highest BCUT2D eigenvalue weighted by Crippen LogP contribution is 2.23. The molecule has 0 spiro atoms. The average Bonchev–Trinajstić information content (AvgIpc) is 2.83. The van der Waals surface area contributed by atoms with E-state index in [0.29, 0.717) is 26.8 Å². The Hall–Kier alpha value is -3.62. The number of rotatable bonds is 8. The first kappa shape index (κ1) is 23.5. The van der Waals surface area contributed by atoms with Crippen molar-refractivity contribution < 1.29 is 14.7 Å². The molecule has 34 heavy (non-hydrogen) atoms. The van der Waals surface area contributed by atoms with Gasteiger partial charge in [-0.05, 0) is 35.9 Å². The Bertz CT molecular complexity index is 1410. The maximum absolute atomic E-state index is 13.3. The number of fused-ring (bicyclic) bond motifs is 1. The van der Waals surface area contributed by atoms with Crippen LogP contribution in [0, 0.1) is 0 Å². The summed E-state index contributed by atoms with van der Waals surface area (Å²) in [5, 5.41) is 13.3. The molecule has 4 rings (SSSR count). The van der Waals surface area contributed by atoms with Gasteiger partial charge in [0.1, 0.15) is 6.04 Å². The van der Waals surface area contributed by atoms with Gasteiger partial charge in [-0.2, -0.15) is 0 Å². The van der Waals surface area contributed by atoms with E-state index < -0.39 is 17.9 Å². The Morgan fingerprint density at radius 2 is 1.76 bits per heavy atom. The lowest BCUT2D eigenvalue weighted by Gasteiger charge is -2.16. The van der Waals surface area contributed by atoms with Gasteiger partial charge in [-0.25, -0.2) is 9.78 Å². The molecule has 9 heteroatoms. The van der Waals surface area contributed by atoms with Crippen molar-refractivity contribution in [1.82, 2.24) is 14.9 Å². The van der Waals surface area contributed by atoms with E-state index in [4.69, 9.17) is 11.6 Å². The van der Waals surface area contributed by atoms with Gasteiger partial charge in [-0.15, -0.1) is 0 Å². The Kier molecular flexibility index (Phi) is 7.30. The molecule has 0 fully saturated rings. The van der Waals surface area contributed by atoms with Gasteiger partial charge in [0.25, 0.3) is 5.56 Å². The molecule has 1 heterocycles. The third kappa shape index (κ3) is 5.47. The van der Waals surface area contributed by atoms with Crippen LogP contribution in [0.5, 0.6) is 0 Å². The number of nitrogens with one attached hydrogen (secondary N) is 1. The van der Waals surface area contributed by atoms with E-state index >= 15 is 0 Å². The number of halogens is 1. The fraction of sp³-hybridized carbons (Fsp3) is 0.120. The average molecular weight is 494 g/mol.